The molecule has 1 amide bonds. The van der Waals surface area contributed by atoms with E-state index in [-0.39, 0.29) is 17.7 Å². The van der Waals surface area contributed by atoms with Gasteiger partial charge in [0, 0.05) is 5.69 Å². The van der Waals surface area contributed by atoms with E-state index < -0.39 is 49.0 Å². The lowest BCUT2D eigenvalue weighted by Gasteiger charge is -2.39. The smallest absolute Gasteiger partial charge is 0.229 e. The molecule has 1 aliphatic heterocycles. The van der Waals surface area contributed by atoms with Crippen LogP contribution in [0.2, 0.25) is 0 Å². The van der Waals surface area contributed by atoms with E-state index in [0.717, 1.165) is 0 Å². The number of carbonyl (C=O) groups is 1. The maximum Gasteiger partial charge on any atom is 0.229 e. The number of benzene rings is 2. The summed E-state index contributed by atoms with van der Waals surface area (Å²) in [5.41, 5.74) is 0.736. The van der Waals surface area contributed by atoms with Gasteiger partial charge in [-0.3, -0.25) is 4.79 Å². The number of aliphatic hydroxyl groups is 4. The zero-order valence-electron chi connectivity index (χ0n) is 15.3. The van der Waals surface area contributed by atoms with Crippen LogP contribution in [0.4, 0.5) is 10.1 Å². The summed E-state index contributed by atoms with van der Waals surface area (Å²) in [6.07, 6.45) is -7.02. The van der Waals surface area contributed by atoms with E-state index in [2.05, 4.69) is 5.32 Å². The number of carbonyl (C=O) groups excluding carboxylic acids is 1. The first-order valence-electron chi connectivity index (χ1n) is 8.99. The molecule has 0 aliphatic carbocycles. The minimum absolute atomic E-state index is 0.115. The van der Waals surface area contributed by atoms with Gasteiger partial charge in [-0.1, -0.05) is 18.2 Å². The number of amides is 1. The molecular weight excluding hydrogens is 385 g/mol. The summed E-state index contributed by atoms with van der Waals surface area (Å²) in [6.45, 7) is -0.558. The van der Waals surface area contributed by atoms with Crippen LogP contribution in [0.3, 0.4) is 0 Å². The van der Waals surface area contributed by atoms with Gasteiger partial charge in [0.25, 0.3) is 0 Å². The summed E-state index contributed by atoms with van der Waals surface area (Å²) >= 11 is 0. The van der Waals surface area contributed by atoms with Gasteiger partial charge in [-0.2, -0.15) is 0 Å². The molecule has 1 heterocycles. The Morgan fingerprint density at radius 2 is 1.72 bits per heavy atom. The van der Waals surface area contributed by atoms with Gasteiger partial charge >= 0.3 is 0 Å². The van der Waals surface area contributed by atoms with Crippen LogP contribution in [0.15, 0.2) is 48.5 Å². The molecule has 2 aromatic carbocycles. The Bertz CT molecular complexity index is 830. The number of ether oxygens (including phenoxy) is 2. The molecule has 0 bridgehead atoms. The fraction of sp³-hybridized carbons (Fsp3) is 0.350. The molecular formula is C20H22FNO7. The Morgan fingerprint density at radius 3 is 2.38 bits per heavy atom. The monoisotopic (exact) mass is 407 g/mol. The quantitative estimate of drug-likeness (QED) is 0.462. The van der Waals surface area contributed by atoms with E-state index in [9.17, 15) is 29.6 Å². The SMILES string of the molecule is O=C(Cc1ccccc1F)Nc1ccc(O[C@@H]2O[C@H](CO)[C@@H](O)[C@H](O)[C@H]2O)cc1. The summed E-state index contributed by atoms with van der Waals surface area (Å²) in [5, 5.41) is 41.4. The van der Waals surface area contributed by atoms with E-state index in [0.29, 0.717) is 5.69 Å². The molecule has 8 nitrogen and oxygen atoms in total. The van der Waals surface area contributed by atoms with Crippen molar-refractivity contribution in [2.24, 2.45) is 0 Å². The minimum Gasteiger partial charge on any atom is -0.462 e. The topological polar surface area (TPSA) is 128 Å². The molecule has 0 aromatic heterocycles. The van der Waals surface area contributed by atoms with Gasteiger partial charge in [-0.15, -0.1) is 0 Å². The molecule has 3 rings (SSSR count). The number of halogens is 1. The van der Waals surface area contributed by atoms with Gasteiger partial charge in [-0.05, 0) is 35.9 Å². The molecule has 5 N–H and O–H groups in total. The average Bonchev–Trinajstić information content (AvgIpc) is 2.71. The van der Waals surface area contributed by atoms with Crippen LogP contribution in [-0.2, 0) is 16.0 Å². The highest BCUT2D eigenvalue weighted by molar-refractivity contribution is 5.92. The van der Waals surface area contributed by atoms with E-state index in [4.69, 9.17) is 9.47 Å². The molecule has 156 valence electrons. The molecule has 5 atom stereocenters. The summed E-state index contributed by atoms with van der Waals surface area (Å²) in [4.78, 5) is 12.1. The van der Waals surface area contributed by atoms with Gasteiger partial charge in [0.2, 0.25) is 12.2 Å². The first-order chi connectivity index (χ1) is 13.9. The van der Waals surface area contributed by atoms with Gasteiger partial charge < -0.3 is 35.2 Å². The van der Waals surface area contributed by atoms with Crippen molar-refractivity contribution in [3.05, 3.63) is 59.9 Å². The number of hydrogen-bond donors (Lipinski definition) is 5. The second-order valence-corrected chi connectivity index (χ2v) is 6.66. The van der Waals surface area contributed by atoms with Crippen LogP contribution in [0.25, 0.3) is 0 Å². The lowest BCUT2D eigenvalue weighted by atomic mass is 9.99. The van der Waals surface area contributed by atoms with Gasteiger partial charge in [0.15, 0.2) is 0 Å². The zero-order chi connectivity index (χ0) is 21.0. The van der Waals surface area contributed by atoms with Crippen molar-refractivity contribution in [2.45, 2.75) is 37.1 Å². The van der Waals surface area contributed by atoms with Gasteiger partial charge in [-0.25, -0.2) is 4.39 Å². The molecule has 1 saturated heterocycles. The first kappa shape index (κ1) is 21.2. The molecule has 0 saturated carbocycles. The third-order valence-corrected chi connectivity index (χ3v) is 4.55. The molecule has 2 aromatic rings. The second kappa shape index (κ2) is 9.29. The minimum atomic E-state index is -1.54. The third-order valence-electron chi connectivity index (χ3n) is 4.55. The summed E-state index contributed by atoms with van der Waals surface area (Å²) in [6, 6.07) is 12.1. The van der Waals surface area contributed by atoms with E-state index >= 15 is 0 Å². The maximum absolute atomic E-state index is 13.6. The van der Waals surface area contributed by atoms with Crippen LogP contribution >= 0.6 is 0 Å². The Hall–Kier alpha value is -2.56. The second-order valence-electron chi connectivity index (χ2n) is 6.66. The molecule has 0 radical (unpaired) electrons. The standard InChI is InChI=1S/C20H22FNO7/c21-14-4-2-1-3-11(14)9-16(24)22-12-5-7-13(8-6-12)28-20-19(27)18(26)17(25)15(10-23)29-20/h1-8,15,17-20,23,25-27H,9-10H2,(H,22,24)/t15-,17-,18+,19-,20-/m1/s1. The van der Waals surface area contributed by atoms with Crippen LogP contribution < -0.4 is 10.1 Å². The molecule has 29 heavy (non-hydrogen) atoms. The van der Waals surface area contributed by atoms with Crippen LogP contribution in [-0.4, -0.2) is 63.6 Å². The van der Waals surface area contributed by atoms with Crippen LogP contribution in [0, 0.1) is 5.82 Å². The number of rotatable bonds is 6. The molecule has 1 aliphatic rings. The van der Waals surface area contributed by atoms with Crippen molar-refractivity contribution in [3.8, 4) is 5.75 Å². The third kappa shape index (κ3) is 5.08. The zero-order valence-corrected chi connectivity index (χ0v) is 15.3. The average molecular weight is 407 g/mol. The van der Waals surface area contributed by atoms with Crippen molar-refractivity contribution in [1.29, 1.82) is 0 Å². The number of hydrogen-bond acceptors (Lipinski definition) is 7. The summed E-state index contributed by atoms with van der Waals surface area (Å²) in [7, 11) is 0. The predicted octanol–water partition coefficient (Wildman–Crippen LogP) is 0.186. The van der Waals surface area contributed by atoms with Gasteiger partial charge in [0.05, 0.1) is 13.0 Å². The van der Waals surface area contributed by atoms with E-state index in [1.807, 2.05) is 0 Å². The van der Waals surface area contributed by atoms with Crippen molar-refractivity contribution in [1.82, 2.24) is 0 Å². The largest absolute Gasteiger partial charge is 0.462 e. The lowest BCUT2D eigenvalue weighted by Crippen LogP contribution is -2.60. The molecule has 0 spiro atoms. The molecule has 1 fully saturated rings. The van der Waals surface area contributed by atoms with E-state index in [1.165, 1.54) is 24.3 Å². The van der Waals surface area contributed by atoms with Gasteiger partial charge in [0.1, 0.15) is 36.0 Å². The Labute approximate surface area is 166 Å². The summed E-state index contributed by atoms with van der Waals surface area (Å²) in [5.74, 6) is -0.579. The fourth-order valence-corrected chi connectivity index (χ4v) is 2.94. The predicted molar refractivity (Wildman–Crippen MR) is 99.6 cm³/mol. The number of nitrogens with one attached hydrogen (secondary N) is 1. The number of anilines is 1. The molecule has 0 unspecified atom stereocenters. The van der Waals surface area contributed by atoms with Crippen molar-refractivity contribution >= 4 is 11.6 Å². The maximum atomic E-state index is 13.6. The number of aliphatic hydroxyl groups excluding tert-OH is 4. The highest BCUT2D eigenvalue weighted by Gasteiger charge is 2.44. The van der Waals surface area contributed by atoms with Crippen molar-refractivity contribution in [3.63, 3.8) is 0 Å². The highest BCUT2D eigenvalue weighted by Crippen LogP contribution is 2.25. The van der Waals surface area contributed by atoms with Crippen LogP contribution in [0.5, 0.6) is 5.75 Å². The lowest BCUT2D eigenvalue weighted by molar-refractivity contribution is -0.277. The van der Waals surface area contributed by atoms with Crippen molar-refractivity contribution < 1.29 is 39.1 Å². The highest BCUT2D eigenvalue weighted by atomic mass is 19.1. The van der Waals surface area contributed by atoms with Crippen molar-refractivity contribution in [2.75, 3.05) is 11.9 Å². The Kier molecular flexibility index (Phi) is 6.78. The normalized spacial score (nSPS) is 26.7. The fourth-order valence-electron chi connectivity index (χ4n) is 2.94. The van der Waals surface area contributed by atoms with E-state index in [1.54, 1.807) is 24.3 Å². The molecule has 9 heteroatoms. The summed E-state index contributed by atoms with van der Waals surface area (Å²) < 4.78 is 24.4. The first-order valence-corrected chi connectivity index (χ1v) is 8.99. The Morgan fingerprint density at radius 1 is 1.03 bits per heavy atom. The van der Waals surface area contributed by atoms with Crippen LogP contribution in [0.1, 0.15) is 5.56 Å². The Balaban J connectivity index is 1.58.